The Balaban J connectivity index is 4.96. The summed E-state index contributed by atoms with van der Waals surface area (Å²) in [5.41, 5.74) is 0. The van der Waals surface area contributed by atoms with Gasteiger partial charge < -0.3 is 9.47 Å². The zero-order valence-corrected chi connectivity index (χ0v) is 16.9. The third-order valence-electron chi connectivity index (χ3n) is 4.25. The fourth-order valence-corrected chi connectivity index (χ4v) is 2.65. The number of carbonyl (C=O) groups is 2. The summed E-state index contributed by atoms with van der Waals surface area (Å²) in [5, 5.41) is 0. The summed E-state index contributed by atoms with van der Waals surface area (Å²) in [4.78, 5) is 25.1. The third-order valence-corrected chi connectivity index (χ3v) is 4.25. The lowest BCUT2D eigenvalue weighted by Gasteiger charge is -2.30. The Morgan fingerprint density at radius 2 is 0.917 bits per heavy atom. The molecule has 2 unspecified atom stereocenters. The first-order chi connectivity index (χ1) is 11.1. The van der Waals surface area contributed by atoms with Crippen molar-refractivity contribution >= 4 is 11.9 Å². The summed E-state index contributed by atoms with van der Waals surface area (Å²) in [7, 11) is 0. The highest BCUT2D eigenvalue weighted by atomic mass is 16.5. The van der Waals surface area contributed by atoms with Crippen molar-refractivity contribution in [1.29, 1.82) is 0 Å². The number of esters is 2. The van der Waals surface area contributed by atoms with Crippen molar-refractivity contribution in [3.8, 4) is 0 Å². The van der Waals surface area contributed by atoms with Crippen LogP contribution in [0.4, 0.5) is 0 Å². The van der Waals surface area contributed by atoms with Gasteiger partial charge in [0.15, 0.2) is 0 Å². The van der Waals surface area contributed by atoms with Crippen molar-refractivity contribution in [2.75, 3.05) is 13.2 Å². The van der Waals surface area contributed by atoms with Crippen molar-refractivity contribution in [3.63, 3.8) is 0 Å². The minimum absolute atomic E-state index is 0.0293. The molecule has 0 aliphatic rings. The first-order valence-electron chi connectivity index (χ1n) is 9.41. The Labute approximate surface area is 148 Å². The number of rotatable bonds is 11. The Bertz CT molecular complexity index is 336. The molecule has 4 nitrogen and oxygen atoms in total. The molecular weight excluding hydrogens is 304 g/mol. The minimum Gasteiger partial charge on any atom is -0.465 e. The fourth-order valence-electron chi connectivity index (χ4n) is 2.65. The van der Waals surface area contributed by atoms with Gasteiger partial charge in [0.05, 0.1) is 25.0 Å². The van der Waals surface area contributed by atoms with Crippen LogP contribution in [-0.2, 0) is 19.1 Å². The van der Waals surface area contributed by atoms with E-state index in [0.29, 0.717) is 25.0 Å². The number of carbonyl (C=O) groups excluding carboxylic acids is 2. The van der Waals surface area contributed by atoms with Gasteiger partial charge in [-0.15, -0.1) is 0 Å². The van der Waals surface area contributed by atoms with Gasteiger partial charge in [0, 0.05) is 0 Å². The predicted molar refractivity (Wildman–Crippen MR) is 97.5 cm³/mol. The zero-order valence-electron chi connectivity index (χ0n) is 16.9. The van der Waals surface area contributed by atoms with Crippen molar-refractivity contribution in [2.45, 2.75) is 68.2 Å². The highest BCUT2D eigenvalue weighted by Crippen LogP contribution is 2.30. The second kappa shape index (κ2) is 11.5. The summed E-state index contributed by atoms with van der Waals surface area (Å²) < 4.78 is 10.9. The second-order valence-corrected chi connectivity index (χ2v) is 8.24. The lowest BCUT2D eigenvalue weighted by atomic mass is 9.77. The molecule has 0 saturated heterocycles. The molecule has 0 rings (SSSR count). The van der Waals surface area contributed by atoms with E-state index in [1.807, 2.05) is 27.7 Å². The van der Waals surface area contributed by atoms with Crippen LogP contribution >= 0.6 is 0 Å². The van der Waals surface area contributed by atoms with E-state index in [9.17, 15) is 9.59 Å². The van der Waals surface area contributed by atoms with E-state index >= 15 is 0 Å². The first kappa shape index (κ1) is 22.9. The zero-order chi connectivity index (χ0) is 18.9. The molecule has 0 heterocycles. The van der Waals surface area contributed by atoms with Crippen LogP contribution in [0.2, 0.25) is 0 Å². The van der Waals surface area contributed by atoms with Gasteiger partial charge in [0.1, 0.15) is 0 Å². The quantitative estimate of drug-likeness (QED) is 0.510. The molecule has 0 radical (unpaired) electrons. The number of ether oxygens (including phenoxy) is 2. The maximum Gasteiger partial charge on any atom is 0.310 e. The van der Waals surface area contributed by atoms with E-state index in [0.717, 1.165) is 12.8 Å². The van der Waals surface area contributed by atoms with Gasteiger partial charge in [-0.2, -0.15) is 0 Å². The van der Waals surface area contributed by atoms with E-state index in [4.69, 9.17) is 9.47 Å². The summed E-state index contributed by atoms with van der Waals surface area (Å²) in [6, 6.07) is 0. The highest BCUT2D eigenvalue weighted by Gasteiger charge is 2.40. The molecule has 0 N–H and O–H groups in total. The molecule has 4 heteroatoms. The van der Waals surface area contributed by atoms with Gasteiger partial charge in [-0.3, -0.25) is 9.59 Å². The second-order valence-electron chi connectivity index (χ2n) is 8.24. The Hall–Kier alpha value is -1.06. The molecule has 0 fully saturated rings. The third kappa shape index (κ3) is 8.70. The number of hydrogen-bond donors (Lipinski definition) is 0. The molecule has 24 heavy (non-hydrogen) atoms. The normalized spacial score (nSPS) is 14.3. The van der Waals surface area contributed by atoms with E-state index < -0.39 is 11.8 Å². The van der Waals surface area contributed by atoms with Crippen LogP contribution in [0.3, 0.4) is 0 Å². The highest BCUT2D eigenvalue weighted by molar-refractivity contribution is 5.82. The topological polar surface area (TPSA) is 52.6 Å². The van der Waals surface area contributed by atoms with Gasteiger partial charge in [-0.1, -0.05) is 55.4 Å². The summed E-state index contributed by atoms with van der Waals surface area (Å²) in [6.07, 6.45) is 1.67. The smallest absolute Gasteiger partial charge is 0.310 e. The molecule has 0 aromatic carbocycles. The fraction of sp³-hybridized carbons (Fsp3) is 0.900. The van der Waals surface area contributed by atoms with Crippen molar-refractivity contribution in [2.24, 2.45) is 35.5 Å². The van der Waals surface area contributed by atoms with Gasteiger partial charge in [-0.25, -0.2) is 0 Å². The van der Waals surface area contributed by atoms with E-state index in [2.05, 4.69) is 27.7 Å². The molecule has 0 amide bonds. The molecule has 2 atom stereocenters. The lowest BCUT2D eigenvalue weighted by molar-refractivity contribution is -0.165. The molecular formula is C20H38O4. The molecule has 0 saturated carbocycles. The van der Waals surface area contributed by atoms with Crippen LogP contribution in [0.25, 0.3) is 0 Å². The van der Waals surface area contributed by atoms with Crippen LogP contribution in [0.1, 0.15) is 68.2 Å². The largest absolute Gasteiger partial charge is 0.465 e. The monoisotopic (exact) mass is 342 g/mol. The Kier molecular flexibility index (Phi) is 11.0. The first-order valence-corrected chi connectivity index (χ1v) is 9.41. The molecule has 0 spiro atoms. The average Bonchev–Trinajstić information content (AvgIpc) is 2.42. The minimum atomic E-state index is -0.455. The van der Waals surface area contributed by atoms with E-state index in [1.165, 1.54) is 0 Å². The van der Waals surface area contributed by atoms with E-state index in [1.54, 1.807) is 0 Å². The molecule has 0 bridgehead atoms. The van der Waals surface area contributed by atoms with Gasteiger partial charge in [0.2, 0.25) is 0 Å². The SMILES string of the molecule is CC(C)CCOC(=O)C(C(C)C)C(C(=O)OCCC(C)C)C(C)C. The molecule has 0 aromatic rings. The Morgan fingerprint density at radius 3 is 1.12 bits per heavy atom. The van der Waals surface area contributed by atoms with Gasteiger partial charge in [-0.05, 0) is 36.5 Å². The van der Waals surface area contributed by atoms with Crippen LogP contribution in [0.5, 0.6) is 0 Å². The average molecular weight is 343 g/mol. The van der Waals surface area contributed by atoms with Gasteiger partial charge >= 0.3 is 11.9 Å². The molecule has 142 valence electrons. The standard InChI is InChI=1S/C20H38O4/c1-13(2)9-11-23-19(21)17(15(5)6)18(16(7)8)20(22)24-12-10-14(3)4/h13-18H,9-12H2,1-8H3. The van der Waals surface area contributed by atoms with Crippen LogP contribution < -0.4 is 0 Å². The van der Waals surface area contributed by atoms with E-state index in [-0.39, 0.29) is 23.8 Å². The van der Waals surface area contributed by atoms with Gasteiger partial charge in [0.25, 0.3) is 0 Å². The van der Waals surface area contributed by atoms with Crippen LogP contribution in [0.15, 0.2) is 0 Å². The van der Waals surface area contributed by atoms with Crippen molar-refractivity contribution < 1.29 is 19.1 Å². The predicted octanol–water partition coefficient (Wildman–Crippen LogP) is 4.71. The maximum absolute atomic E-state index is 12.6. The van der Waals surface area contributed by atoms with Crippen LogP contribution in [-0.4, -0.2) is 25.2 Å². The van der Waals surface area contributed by atoms with Crippen molar-refractivity contribution in [1.82, 2.24) is 0 Å². The van der Waals surface area contributed by atoms with Crippen LogP contribution in [0, 0.1) is 35.5 Å². The lowest BCUT2D eigenvalue weighted by Crippen LogP contribution is -2.39. The summed E-state index contributed by atoms with van der Waals surface area (Å²) in [6.45, 7) is 17.0. The molecule has 0 aliphatic carbocycles. The summed E-state index contributed by atoms with van der Waals surface area (Å²) >= 11 is 0. The maximum atomic E-state index is 12.6. The Morgan fingerprint density at radius 1 is 0.625 bits per heavy atom. The summed E-state index contributed by atoms with van der Waals surface area (Å²) in [5.74, 6) is -0.430. The molecule has 0 aliphatic heterocycles. The molecule has 0 aromatic heterocycles. The number of hydrogen-bond acceptors (Lipinski definition) is 4. The van der Waals surface area contributed by atoms with Crippen molar-refractivity contribution in [3.05, 3.63) is 0 Å².